The summed E-state index contributed by atoms with van der Waals surface area (Å²) < 4.78 is 25.0. The minimum atomic E-state index is -0.623. The van der Waals surface area contributed by atoms with Crippen LogP contribution in [0.15, 0.2) is 55.1 Å². The highest BCUT2D eigenvalue weighted by atomic mass is 19.1. The van der Waals surface area contributed by atoms with Crippen LogP contribution < -0.4 is 15.0 Å². The number of benzene rings is 1. The average Bonchev–Trinajstić information content (AvgIpc) is 3.27. The van der Waals surface area contributed by atoms with Gasteiger partial charge in [0.05, 0.1) is 32.3 Å². The molecule has 0 bridgehead atoms. The number of hydrogen-bond donors (Lipinski definition) is 1. The first-order valence-corrected chi connectivity index (χ1v) is 9.67. The number of hydrogen-bond acceptors (Lipinski definition) is 7. The molecule has 3 heterocycles. The molecule has 11 heteroatoms. The predicted octanol–water partition coefficient (Wildman–Crippen LogP) is 3.39. The molecule has 0 saturated heterocycles. The Morgan fingerprint density at radius 2 is 1.88 bits per heavy atom. The van der Waals surface area contributed by atoms with Crippen LogP contribution in [0.5, 0.6) is 5.75 Å². The summed E-state index contributed by atoms with van der Waals surface area (Å²) >= 11 is 0. The summed E-state index contributed by atoms with van der Waals surface area (Å²) in [7, 11) is 4.18. The standard InChI is InChI=1S/C22H19FN6O4/c1-28(14-5-6-15(23)18(8-14)32-2)21(30)16-12-29-17(10-26-20(29)11-24-16)13-4-7-19(25-9-13)27-22(31)33-3/h4-12H,1-3H3,(H,25,27,31). The van der Waals surface area contributed by atoms with Crippen molar-refractivity contribution < 1.29 is 23.5 Å². The monoisotopic (exact) mass is 450 g/mol. The summed E-state index contributed by atoms with van der Waals surface area (Å²) in [5, 5.41) is 2.48. The van der Waals surface area contributed by atoms with Crippen LogP contribution >= 0.6 is 0 Å². The van der Waals surface area contributed by atoms with E-state index in [1.807, 2.05) is 0 Å². The van der Waals surface area contributed by atoms with E-state index in [1.54, 1.807) is 42.2 Å². The van der Waals surface area contributed by atoms with Gasteiger partial charge < -0.3 is 14.4 Å². The van der Waals surface area contributed by atoms with Gasteiger partial charge in [0, 0.05) is 36.8 Å². The summed E-state index contributed by atoms with van der Waals surface area (Å²) in [5.74, 6) is -0.564. The lowest BCUT2D eigenvalue weighted by Gasteiger charge is -2.18. The van der Waals surface area contributed by atoms with Crippen LogP contribution in [0.25, 0.3) is 16.9 Å². The van der Waals surface area contributed by atoms with Crippen molar-refractivity contribution in [1.29, 1.82) is 0 Å². The fraction of sp³-hybridized carbons (Fsp3) is 0.136. The number of rotatable bonds is 5. The maximum Gasteiger partial charge on any atom is 0.412 e. The van der Waals surface area contributed by atoms with Gasteiger partial charge in [-0.2, -0.15) is 0 Å². The molecule has 3 aromatic heterocycles. The van der Waals surface area contributed by atoms with Crippen molar-refractivity contribution in [1.82, 2.24) is 19.4 Å². The Morgan fingerprint density at radius 1 is 1.06 bits per heavy atom. The Morgan fingerprint density at radius 3 is 2.58 bits per heavy atom. The molecule has 0 spiro atoms. The van der Waals surface area contributed by atoms with E-state index in [0.717, 1.165) is 0 Å². The Labute approximate surface area is 187 Å². The van der Waals surface area contributed by atoms with Crippen LogP contribution in [-0.4, -0.2) is 52.6 Å². The van der Waals surface area contributed by atoms with Crippen molar-refractivity contribution in [2.24, 2.45) is 0 Å². The number of methoxy groups -OCH3 is 2. The highest BCUT2D eigenvalue weighted by Gasteiger charge is 2.18. The molecule has 1 aromatic carbocycles. The Bertz CT molecular complexity index is 1340. The molecule has 2 amide bonds. The molecule has 0 saturated carbocycles. The van der Waals surface area contributed by atoms with E-state index in [2.05, 4.69) is 25.0 Å². The van der Waals surface area contributed by atoms with Gasteiger partial charge in [-0.25, -0.2) is 24.1 Å². The van der Waals surface area contributed by atoms with Crippen molar-refractivity contribution in [3.8, 4) is 17.0 Å². The Hall–Kier alpha value is -4.54. The van der Waals surface area contributed by atoms with Gasteiger partial charge in [0.25, 0.3) is 5.91 Å². The third-order valence-electron chi connectivity index (χ3n) is 4.92. The second-order valence-corrected chi connectivity index (χ2v) is 6.88. The quantitative estimate of drug-likeness (QED) is 0.496. The smallest absolute Gasteiger partial charge is 0.412 e. The van der Waals surface area contributed by atoms with E-state index >= 15 is 0 Å². The third kappa shape index (κ3) is 4.28. The largest absolute Gasteiger partial charge is 0.494 e. The van der Waals surface area contributed by atoms with Gasteiger partial charge in [-0.1, -0.05) is 0 Å². The first-order chi connectivity index (χ1) is 15.9. The third-order valence-corrected chi connectivity index (χ3v) is 4.92. The fourth-order valence-corrected chi connectivity index (χ4v) is 3.13. The van der Waals surface area contributed by atoms with E-state index in [4.69, 9.17) is 4.74 Å². The number of imidazole rings is 1. The van der Waals surface area contributed by atoms with Crippen LogP contribution in [0.4, 0.5) is 20.7 Å². The van der Waals surface area contributed by atoms with Crippen LogP contribution in [0, 0.1) is 5.82 Å². The number of anilines is 2. The number of nitrogens with zero attached hydrogens (tertiary/aromatic N) is 5. The number of nitrogens with one attached hydrogen (secondary N) is 1. The number of carbonyl (C=O) groups is 2. The van der Waals surface area contributed by atoms with Crippen molar-refractivity contribution in [3.63, 3.8) is 0 Å². The SMILES string of the molecule is COC(=O)Nc1ccc(-c2cnc3cnc(C(=O)N(C)c4ccc(F)c(OC)c4)cn23)cn1. The number of aromatic nitrogens is 4. The maximum absolute atomic E-state index is 13.7. The number of fused-ring (bicyclic) bond motifs is 1. The predicted molar refractivity (Wildman–Crippen MR) is 118 cm³/mol. The molecule has 10 nitrogen and oxygen atoms in total. The topological polar surface area (TPSA) is 111 Å². The molecule has 4 aromatic rings. The van der Waals surface area contributed by atoms with E-state index in [1.165, 1.54) is 43.5 Å². The number of halogens is 1. The van der Waals surface area contributed by atoms with Crippen molar-refractivity contribution in [2.75, 3.05) is 31.5 Å². The second-order valence-electron chi connectivity index (χ2n) is 6.88. The molecule has 0 atom stereocenters. The first kappa shape index (κ1) is 21.7. The van der Waals surface area contributed by atoms with Gasteiger partial charge in [-0.05, 0) is 24.3 Å². The van der Waals surface area contributed by atoms with Gasteiger partial charge in [-0.3, -0.25) is 14.5 Å². The van der Waals surface area contributed by atoms with Gasteiger partial charge in [0.15, 0.2) is 17.2 Å². The summed E-state index contributed by atoms with van der Waals surface area (Å²) in [6, 6.07) is 7.51. The lowest BCUT2D eigenvalue weighted by molar-refractivity contribution is 0.0987. The lowest BCUT2D eigenvalue weighted by atomic mass is 10.2. The molecule has 0 aliphatic rings. The van der Waals surface area contributed by atoms with Gasteiger partial charge >= 0.3 is 6.09 Å². The lowest BCUT2D eigenvalue weighted by Crippen LogP contribution is -2.27. The number of pyridine rings is 1. The molecule has 0 fully saturated rings. The van der Waals surface area contributed by atoms with Crippen LogP contribution in [0.2, 0.25) is 0 Å². The van der Waals surface area contributed by atoms with Gasteiger partial charge in [-0.15, -0.1) is 0 Å². The van der Waals surface area contributed by atoms with E-state index < -0.39 is 17.8 Å². The second kappa shape index (κ2) is 8.91. The molecular weight excluding hydrogens is 431 g/mol. The number of carbonyl (C=O) groups excluding carboxylic acids is 2. The summed E-state index contributed by atoms with van der Waals surface area (Å²) in [6.45, 7) is 0. The molecule has 0 aliphatic heterocycles. The summed E-state index contributed by atoms with van der Waals surface area (Å²) in [6.07, 6.45) is 5.62. The molecule has 4 rings (SSSR count). The minimum Gasteiger partial charge on any atom is -0.494 e. The van der Waals surface area contributed by atoms with E-state index in [-0.39, 0.29) is 11.4 Å². The Kier molecular flexibility index (Phi) is 5.85. The molecule has 0 radical (unpaired) electrons. The zero-order chi connectivity index (χ0) is 23.5. The van der Waals surface area contributed by atoms with Crippen LogP contribution in [0.1, 0.15) is 10.5 Å². The highest BCUT2D eigenvalue weighted by molar-refractivity contribution is 6.04. The average molecular weight is 450 g/mol. The van der Waals surface area contributed by atoms with Gasteiger partial charge in [0.1, 0.15) is 11.5 Å². The number of ether oxygens (including phenoxy) is 2. The molecular formula is C22H19FN6O4. The first-order valence-electron chi connectivity index (χ1n) is 9.67. The van der Waals surface area contributed by atoms with E-state index in [0.29, 0.717) is 28.4 Å². The van der Waals surface area contributed by atoms with E-state index in [9.17, 15) is 14.0 Å². The fourth-order valence-electron chi connectivity index (χ4n) is 3.13. The zero-order valence-corrected chi connectivity index (χ0v) is 17.9. The highest BCUT2D eigenvalue weighted by Crippen LogP contribution is 2.25. The normalized spacial score (nSPS) is 10.7. The molecule has 0 unspecified atom stereocenters. The number of amides is 2. The molecule has 168 valence electrons. The van der Waals surface area contributed by atoms with Crippen molar-refractivity contribution in [3.05, 3.63) is 66.6 Å². The van der Waals surface area contributed by atoms with Crippen molar-refractivity contribution in [2.45, 2.75) is 0 Å². The molecule has 33 heavy (non-hydrogen) atoms. The maximum atomic E-state index is 13.7. The zero-order valence-electron chi connectivity index (χ0n) is 17.9. The van der Waals surface area contributed by atoms with Crippen LogP contribution in [0.3, 0.4) is 0 Å². The summed E-state index contributed by atoms with van der Waals surface area (Å²) in [5.41, 5.74) is 2.52. The van der Waals surface area contributed by atoms with Crippen molar-refractivity contribution >= 4 is 29.2 Å². The minimum absolute atomic E-state index is 0.0325. The Balaban J connectivity index is 1.64. The van der Waals surface area contributed by atoms with Gasteiger partial charge in [0.2, 0.25) is 0 Å². The molecule has 1 N–H and O–H groups in total. The molecule has 0 aliphatic carbocycles. The van der Waals surface area contributed by atoms with Crippen LogP contribution in [-0.2, 0) is 4.74 Å². The summed E-state index contributed by atoms with van der Waals surface area (Å²) in [4.78, 5) is 38.4.